The van der Waals surface area contributed by atoms with Crippen LogP contribution in [0.2, 0.25) is 0 Å². The molecule has 0 aliphatic heterocycles. The van der Waals surface area contributed by atoms with E-state index in [1.807, 2.05) is 43.3 Å². The summed E-state index contributed by atoms with van der Waals surface area (Å²) in [5.41, 5.74) is 4.08. The van der Waals surface area contributed by atoms with Gasteiger partial charge in [0.2, 0.25) is 0 Å². The summed E-state index contributed by atoms with van der Waals surface area (Å²) in [6.45, 7) is 4.00. The first kappa shape index (κ1) is 17.3. The molecule has 0 aliphatic rings. The number of hydrogen-bond donors (Lipinski definition) is 1. The van der Waals surface area contributed by atoms with E-state index in [1.54, 1.807) is 12.4 Å². The van der Waals surface area contributed by atoms with Crippen LogP contribution in [0.4, 0.5) is 5.69 Å². The fraction of sp³-hybridized carbons (Fsp3) is 0.250. The molecule has 0 aliphatic carbocycles. The second kappa shape index (κ2) is 8.03. The first-order valence-electron chi connectivity index (χ1n) is 8.41. The highest BCUT2D eigenvalue weighted by atomic mass is 32.1. The van der Waals surface area contributed by atoms with Gasteiger partial charge in [0.15, 0.2) is 0 Å². The SMILES string of the molecule is CCc1ccc(NC(=O)c2sc(CCc3ccncc3)nc2C)cc1. The highest BCUT2D eigenvalue weighted by Crippen LogP contribution is 2.21. The van der Waals surface area contributed by atoms with Gasteiger partial charge in [-0.3, -0.25) is 9.78 Å². The van der Waals surface area contributed by atoms with Crippen LogP contribution in [0.3, 0.4) is 0 Å². The molecule has 0 saturated heterocycles. The predicted octanol–water partition coefficient (Wildman–Crippen LogP) is 4.45. The van der Waals surface area contributed by atoms with Gasteiger partial charge in [-0.2, -0.15) is 0 Å². The Morgan fingerprint density at radius 3 is 2.44 bits per heavy atom. The Balaban J connectivity index is 1.65. The first-order valence-corrected chi connectivity index (χ1v) is 9.23. The molecule has 0 spiro atoms. The molecule has 0 atom stereocenters. The minimum absolute atomic E-state index is 0.0885. The molecule has 0 radical (unpaired) electrons. The number of aromatic nitrogens is 2. The summed E-state index contributed by atoms with van der Waals surface area (Å²) in [6, 6.07) is 12.0. The van der Waals surface area contributed by atoms with E-state index in [4.69, 9.17) is 0 Å². The van der Waals surface area contributed by atoms with Crippen LogP contribution >= 0.6 is 11.3 Å². The molecule has 3 rings (SSSR count). The fourth-order valence-corrected chi connectivity index (χ4v) is 3.54. The Morgan fingerprint density at radius 1 is 1.04 bits per heavy atom. The van der Waals surface area contributed by atoms with Crippen molar-refractivity contribution >= 4 is 22.9 Å². The van der Waals surface area contributed by atoms with Gasteiger partial charge in [-0.25, -0.2) is 4.98 Å². The topological polar surface area (TPSA) is 54.9 Å². The van der Waals surface area contributed by atoms with E-state index < -0.39 is 0 Å². The normalized spacial score (nSPS) is 10.6. The van der Waals surface area contributed by atoms with Gasteiger partial charge in [0, 0.05) is 24.5 Å². The summed E-state index contributed by atoms with van der Waals surface area (Å²) in [6.07, 6.45) is 6.31. The Labute approximate surface area is 152 Å². The predicted molar refractivity (Wildman–Crippen MR) is 102 cm³/mol. The van der Waals surface area contributed by atoms with Crippen molar-refractivity contribution in [2.24, 2.45) is 0 Å². The Bertz CT molecular complexity index is 841. The quantitative estimate of drug-likeness (QED) is 0.714. The van der Waals surface area contributed by atoms with Gasteiger partial charge < -0.3 is 5.32 Å². The average molecular weight is 351 g/mol. The average Bonchev–Trinajstić information content (AvgIpc) is 3.02. The van der Waals surface area contributed by atoms with Crippen molar-refractivity contribution in [3.8, 4) is 0 Å². The Hall–Kier alpha value is -2.53. The molecule has 1 amide bonds. The van der Waals surface area contributed by atoms with Gasteiger partial charge in [0.05, 0.1) is 10.7 Å². The lowest BCUT2D eigenvalue weighted by Crippen LogP contribution is -2.11. The first-order chi connectivity index (χ1) is 12.2. The van der Waals surface area contributed by atoms with Crippen molar-refractivity contribution in [2.45, 2.75) is 33.1 Å². The van der Waals surface area contributed by atoms with Gasteiger partial charge in [0.1, 0.15) is 4.88 Å². The minimum atomic E-state index is -0.0885. The van der Waals surface area contributed by atoms with E-state index >= 15 is 0 Å². The number of carbonyl (C=O) groups excluding carboxylic acids is 1. The van der Waals surface area contributed by atoms with Gasteiger partial charge in [-0.05, 0) is 55.2 Å². The monoisotopic (exact) mass is 351 g/mol. The van der Waals surface area contributed by atoms with Crippen LogP contribution in [0, 0.1) is 6.92 Å². The van der Waals surface area contributed by atoms with Crippen LogP contribution in [0.5, 0.6) is 0 Å². The number of amides is 1. The molecule has 128 valence electrons. The number of aryl methyl sites for hydroxylation is 4. The van der Waals surface area contributed by atoms with Gasteiger partial charge in [-0.1, -0.05) is 19.1 Å². The van der Waals surface area contributed by atoms with Crippen LogP contribution in [-0.4, -0.2) is 15.9 Å². The molecular formula is C20H21N3OS. The number of carbonyl (C=O) groups is 1. The summed E-state index contributed by atoms with van der Waals surface area (Å²) < 4.78 is 0. The molecule has 5 heteroatoms. The van der Waals surface area contributed by atoms with E-state index in [0.29, 0.717) is 4.88 Å². The van der Waals surface area contributed by atoms with Crippen molar-refractivity contribution in [2.75, 3.05) is 5.32 Å². The smallest absolute Gasteiger partial charge is 0.267 e. The maximum Gasteiger partial charge on any atom is 0.267 e. The van der Waals surface area contributed by atoms with E-state index in [0.717, 1.165) is 35.7 Å². The fourth-order valence-electron chi connectivity index (χ4n) is 2.58. The number of rotatable bonds is 6. The molecule has 25 heavy (non-hydrogen) atoms. The van der Waals surface area contributed by atoms with Crippen molar-refractivity contribution in [3.63, 3.8) is 0 Å². The molecule has 3 aromatic rings. The minimum Gasteiger partial charge on any atom is -0.321 e. The summed E-state index contributed by atoms with van der Waals surface area (Å²) >= 11 is 1.47. The molecule has 1 aromatic carbocycles. The van der Waals surface area contributed by atoms with Crippen LogP contribution in [0.15, 0.2) is 48.8 Å². The lowest BCUT2D eigenvalue weighted by atomic mass is 10.1. The molecule has 2 heterocycles. The highest BCUT2D eigenvalue weighted by molar-refractivity contribution is 7.13. The van der Waals surface area contributed by atoms with Crippen LogP contribution < -0.4 is 5.32 Å². The third-order valence-corrected chi connectivity index (χ3v) is 5.26. The molecule has 0 bridgehead atoms. The lowest BCUT2D eigenvalue weighted by molar-refractivity contribution is 0.103. The van der Waals surface area contributed by atoms with Gasteiger partial charge in [-0.15, -0.1) is 11.3 Å². The molecule has 4 nitrogen and oxygen atoms in total. The Morgan fingerprint density at radius 2 is 1.76 bits per heavy atom. The molecular weight excluding hydrogens is 330 g/mol. The number of nitrogens with one attached hydrogen (secondary N) is 1. The van der Waals surface area contributed by atoms with E-state index in [9.17, 15) is 4.79 Å². The zero-order valence-electron chi connectivity index (χ0n) is 14.5. The zero-order valence-corrected chi connectivity index (χ0v) is 15.3. The van der Waals surface area contributed by atoms with Crippen LogP contribution in [0.25, 0.3) is 0 Å². The second-order valence-corrected chi connectivity index (χ2v) is 6.97. The molecule has 1 N–H and O–H groups in total. The van der Waals surface area contributed by atoms with Crippen molar-refractivity contribution in [1.29, 1.82) is 0 Å². The van der Waals surface area contributed by atoms with Crippen molar-refractivity contribution < 1.29 is 4.79 Å². The lowest BCUT2D eigenvalue weighted by Gasteiger charge is -2.05. The highest BCUT2D eigenvalue weighted by Gasteiger charge is 2.15. The molecule has 0 unspecified atom stereocenters. The third-order valence-electron chi connectivity index (χ3n) is 4.04. The summed E-state index contributed by atoms with van der Waals surface area (Å²) in [4.78, 5) is 21.8. The number of nitrogens with zero attached hydrogens (tertiary/aromatic N) is 2. The number of thiazole rings is 1. The van der Waals surface area contributed by atoms with Crippen LogP contribution in [-0.2, 0) is 19.3 Å². The van der Waals surface area contributed by atoms with Gasteiger partial charge >= 0.3 is 0 Å². The van der Waals surface area contributed by atoms with Crippen molar-refractivity contribution in [3.05, 3.63) is 75.5 Å². The number of hydrogen-bond acceptors (Lipinski definition) is 4. The molecule has 0 fully saturated rings. The van der Waals surface area contributed by atoms with E-state index in [-0.39, 0.29) is 5.91 Å². The summed E-state index contributed by atoms with van der Waals surface area (Å²) in [5, 5.41) is 3.95. The number of anilines is 1. The largest absolute Gasteiger partial charge is 0.321 e. The maximum atomic E-state index is 12.5. The molecule has 2 aromatic heterocycles. The zero-order chi connectivity index (χ0) is 17.6. The summed E-state index contributed by atoms with van der Waals surface area (Å²) in [5.74, 6) is -0.0885. The number of pyridine rings is 1. The Kier molecular flexibility index (Phi) is 5.56. The number of benzene rings is 1. The standard InChI is InChI=1S/C20H21N3OS/c1-3-15-4-7-17(8-5-15)23-20(24)19-14(2)22-18(25-19)9-6-16-10-12-21-13-11-16/h4-5,7-8,10-13H,3,6,9H2,1-2H3,(H,23,24). The van der Waals surface area contributed by atoms with Gasteiger partial charge in [0.25, 0.3) is 5.91 Å². The van der Waals surface area contributed by atoms with E-state index in [2.05, 4.69) is 22.2 Å². The second-order valence-electron chi connectivity index (χ2n) is 5.88. The van der Waals surface area contributed by atoms with E-state index in [1.165, 1.54) is 22.5 Å². The van der Waals surface area contributed by atoms with Crippen LogP contribution in [0.1, 0.15) is 38.4 Å². The third kappa shape index (κ3) is 4.51. The summed E-state index contributed by atoms with van der Waals surface area (Å²) in [7, 11) is 0. The van der Waals surface area contributed by atoms with Crippen molar-refractivity contribution in [1.82, 2.24) is 9.97 Å². The maximum absolute atomic E-state index is 12.5. The molecule has 0 saturated carbocycles.